The third kappa shape index (κ3) is 3.29. The Kier molecular flexibility index (Phi) is 5.09. The van der Waals surface area contributed by atoms with E-state index >= 15 is 0 Å². The first-order valence-electron chi connectivity index (χ1n) is 7.30. The quantitative estimate of drug-likeness (QED) is 0.766. The standard InChI is InChI=1S/C16H21N3O2/c1-4-11-19-12(3)17-18-15(19)14(16(20)21-5-2)13-9-7-6-8-10-13/h6-10,14H,4-5,11H2,1-3H3. The molecule has 0 radical (unpaired) electrons. The van der Waals surface area contributed by atoms with Crippen molar-refractivity contribution in [1.82, 2.24) is 14.8 Å². The van der Waals surface area contributed by atoms with Crippen LogP contribution >= 0.6 is 0 Å². The molecular formula is C16H21N3O2. The second kappa shape index (κ2) is 7.02. The van der Waals surface area contributed by atoms with Gasteiger partial charge in [0.25, 0.3) is 0 Å². The van der Waals surface area contributed by atoms with Crippen LogP contribution in [0.1, 0.15) is 43.4 Å². The Balaban J connectivity index is 2.47. The number of carbonyl (C=O) groups excluding carboxylic acids is 1. The number of carbonyl (C=O) groups is 1. The summed E-state index contributed by atoms with van der Waals surface area (Å²) in [5, 5.41) is 8.36. The molecule has 5 heteroatoms. The molecule has 0 aliphatic heterocycles. The maximum absolute atomic E-state index is 12.4. The molecule has 1 aromatic heterocycles. The van der Waals surface area contributed by atoms with E-state index in [0.29, 0.717) is 12.4 Å². The van der Waals surface area contributed by atoms with Crippen molar-refractivity contribution in [2.75, 3.05) is 6.61 Å². The zero-order chi connectivity index (χ0) is 15.2. The van der Waals surface area contributed by atoms with Crippen molar-refractivity contribution in [3.63, 3.8) is 0 Å². The van der Waals surface area contributed by atoms with Gasteiger partial charge in [-0.3, -0.25) is 4.79 Å². The van der Waals surface area contributed by atoms with Crippen LogP contribution in [0.15, 0.2) is 30.3 Å². The molecule has 0 saturated heterocycles. The van der Waals surface area contributed by atoms with Crippen LogP contribution in [-0.2, 0) is 16.1 Å². The van der Waals surface area contributed by atoms with E-state index in [9.17, 15) is 4.79 Å². The van der Waals surface area contributed by atoms with Crippen molar-refractivity contribution in [2.45, 2.75) is 39.7 Å². The minimum absolute atomic E-state index is 0.284. The molecule has 2 aromatic rings. The summed E-state index contributed by atoms with van der Waals surface area (Å²) in [5.74, 6) is 0.656. The SMILES string of the molecule is CCCn1c(C)nnc1C(C(=O)OCC)c1ccccc1. The Morgan fingerprint density at radius 1 is 1.24 bits per heavy atom. The minimum Gasteiger partial charge on any atom is -0.465 e. The second-order valence-corrected chi connectivity index (χ2v) is 4.85. The number of benzene rings is 1. The number of hydrogen-bond donors (Lipinski definition) is 0. The van der Waals surface area contributed by atoms with E-state index in [1.807, 2.05) is 48.7 Å². The third-order valence-corrected chi connectivity index (χ3v) is 3.32. The van der Waals surface area contributed by atoms with Gasteiger partial charge >= 0.3 is 5.97 Å². The molecular weight excluding hydrogens is 266 g/mol. The smallest absolute Gasteiger partial charge is 0.321 e. The normalized spacial score (nSPS) is 12.1. The van der Waals surface area contributed by atoms with Crippen molar-refractivity contribution in [3.05, 3.63) is 47.5 Å². The van der Waals surface area contributed by atoms with Gasteiger partial charge in [0, 0.05) is 6.54 Å². The van der Waals surface area contributed by atoms with Gasteiger partial charge in [0.1, 0.15) is 11.7 Å². The molecule has 0 N–H and O–H groups in total. The summed E-state index contributed by atoms with van der Waals surface area (Å²) in [6.07, 6.45) is 0.955. The lowest BCUT2D eigenvalue weighted by molar-refractivity contribution is -0.144. The number of nitrogens with zero attached hydrogens (tertiary/aromatic N) is 3. The molecule has 0 fully saturated rings. The molecule has 0 aliphatic carbocycles. The Bertz CT molecular complexity index is 593. The van der Waals surface area contributed by atoms with E-state index in [1.165, 1.54) is 0 Å². The molecule has 0 saturated carbocycles. The first-order valence-corrected chi connectivity index (χ1v) is 7.30. The fourth-order valence-electron chi connectivity index (χ4n) is 2.37. The summed E-state index contributed by atoms with van der Waals surface area (Å²) in [6.45, 7) is 6.94. The summed E-state index contributed by atoms with van der Waals surface area (Å²) in [6, 6.07) is 9.58. The molecule has 5 nitrogen and oxygen atoms in total. The van der Waals surface area contributed by atoms with Crippen molar-refractivity contribution < 1.29 is 9.53 Å². The summed E-state index contributed by atoms with van der Waals surface area (Å²) < 4.78 is 7.23. The molecule has 1 heterocycles. The van der Waals surface area contributed by atoms with Gasteiger partial charge in [0.2, 0.25) is 0 Å². The molecule has 1 unspecified atom stereocenters. The second-order valence-electron chi connectivity index (χ2n) is 4.85. The molecule has 0 spiro atoms. The summed E-state index contributed by atoms with van der Waals surface area (Å²) in [4.78, 5) is 12.4. The Hall–Kier alpha value is -2.17. The van der Waals surface area contributed by atoms with Gasteiger partial charge in [-0.05, 0) is 25.8 Å². The molecule has 1 atom stereocenters. The highest BCUT2D eigenvalue weighted by atomic mass is 16.5. The van der Waals surface area contributed by atoms with Crippen LogP contribution in [0, 0.1) is 6.92 Å². The van der Waals surface area contributed by atoms with E-state index < -0.39 is 5.92 Å². The maximum atomic E-state index is 12.4. The van der Waals surface area contributed by atoms with E-state index in [2.05, 4.69) is 17.1 Å². The maximum Gasteiger partial charge on any atom is 0.321 e. The van der Waals surface area contributed by atoms with E-state index in [0.717, 1.165) is 24.4 Å². The van der Waals surface area contributed by atoms with Gasteiger partial charge in [-0.2, -0.15) is 0 Å². The van der Waals surface area contributed by atoms with Crippen LogP contribution in [0.4, 0.5) is 0 Å². The molecule has 21 heavy (non-hydrogen) atoms. The monoisotopic (exact) mass is 287 g/mol. The molecule has 0 aliphatic rings. The van der Waals surface area contributed by atoms with E-state index in [4.69, 9.17) is 4.74 Å². The van der Waals surface area contributed by atoms with Crippen LogP contribution in [0.3, 0.4) is 0 Å². The molecule has 0 bridgehead atoms. The first kappa shape index (κ1) is 15.2. The average molecular weight is 287 g/mol. The predicted molar refractivity (Wildman–Crippen MR) is 80.0 cm³/mol. The lowest BCUT2D eigenvalue weighted by Crippen LogP contribution is -2.21. The molecule has 112 valence electrons. The van der Waals surface area contributed by atoms with E-state index in [1.54, 1.807) is 0 Å². The Morgan fingerprint density at radius 2 is 1.95 bits per heavy atom. The largest absolute Gasteiger partial charge is 0.465 e. The lowest BCUT2D eigenvalue weighted by atomic mass is 9.98. The fourth-order valence-corrected chi connectivity index (χ4v) is 2.37. The van der Waals surface area contributed by atoms with Crippen molar-refractivity contribution in [2.24, 2.45) is 0 Å². The summed E-state index contributed by atoms with van der Waals surface area (Å²) >= 11 is 0. The zero-order valence-electron chi connectivity index (χ0n) is 12.7. The van der Waals surface area contributed by atoms with Crippen molar-refractivity contribution in [1.29, 1.82) is 0 Å². The lowest BCUT2D eigenvalue weighted by Gasteiger charge is -2.17. The van der Waals surface area contributed by atoms with Crippen LogP contribution in [0.25, 0.3) is 0 Å². The molecule has 1 aromatic carbocycles. The third-order valence-electron chi connectivity index (χ3n) is 3.32. The summed E-state index contributed by atoms with van der Waals surface area (Å²) in [5.41, 5.74) is 0.876. The highest BCUT2D eigenvalue weighted by Crippen LogP contribution is 2.25. The van der Waals surface area contributed by atoms with Crippen LogP contribution in [-0.4, -0.2) is 27.3 Å². The minimum atomic E-state index is -0.529. The highest BCUT2D eigenvalue weighted by molar-refractivity contribution is 5.81. The van der Waals surface area contributed by atoms with Gasteiger partial charge in [-0.25, -0.2) is 0 Å². The van der Waals surface area contributed by atoms with Gasteiger partial charge in [-0.15, -0.1) is 10.2 Å². The fraction of sp³-hybridized carbons (Fsp3) is 0.438. The van der Waals surface area contributed by atoms with Crippen LogP contribution in [0.5, 0.6) is 0 Å². The Morgan fingerprint density at radius 3 is 2.57 bits per heavy atom. The highest BCUT2D eigenvalue weighted by Gasteiger charge is 2.29. The van der Waals surface area contributed by atoms with Gasteiger partial charge < -0.3 is 9.30 Å². The molecule has 0 amide bonds. The average Bonchev–Trinajstić information content (AvgIpc) is 2.83. The number of aromatic nitrogens is 3. The van der Waals surface area contributed by atoms with E-state index in [-0.39, 0.29) is 5.97 Å². The predicted octanol–water partition coefficient (Wildman–Crippen LogP) is 2.69. The number of hydrogen-bond acceptors (Lipinski definition) is 4. The van der Waals surface area contributed by atoms with Crippen molar-refractivity contribution in [3.8, 4) is 0 Å². The topological polar surface area (TPSA) is 57.0 Å². The van der Waals surface area contributed by atoms with Gasteiger partial charge in [0.05, 0.1) is 6.61 Å². The number of aryl methyl sites for hydroxylation is 1. The van der Waals surface area contributed by atoms with Gasteiger partial charge in [-0.1, -0.05) is 37.3 Å². The Labute approximate surface area is 125 Å². The first-order chi connectivity index (χ1) is 10.2. The number of rotatable bonds is 6. The molecule has 2 rings (SSSR count). The number of ether oxygens (including phenoxy) is 1. The van der Waals surface area contributed by atoms with Crippen LogP contribution in [0.2, 0.25) is 0 Å². The van der Waals surface area contributed by atoms with Crippen LogP contribution < -0.4 is 0 Å². The van der Waals surface area contributed by atoms with Gasteiger partial charge in [0.15, 0.2) is 5.82 Å². The zero-order valence-corrected chi connectivity index (χ0v) is 12.7. The van der Waals surface area contributed by atoms with Crippen molar-refractivity contribution >= 4 is 5.97 Å². The summed E-state index contributed by atoms with van der Waals surface area (Å²) in [7, 11) is 0. The number of esters is 1.